The van der Waals surface area contributed by atoms with Crippen LogP contribution in [0.5, 0.6) is 0 Å². The second-order valence-electron chi connectivity index (χ2n) is 6.63. The van der Waals surface area contributed by atoms with Crippen molar-refractivity contribution in [2.24, 2.45) is 5.92 Å². The van der Waals surface area contributed by atoms with E-state index in [0.717, 1.165) is 19.5 Å². The Balaban J connectivity index is 1.95. The molecule has 110 valence electrons. The van der Waals surface area contributed by atoms with Crippen LogP contribution in [0.4, 0.5) is 0 Å². The predicted octanol–water partition coefficient (Wildman–Crippen LogP) is 1.48. The molecule has 1 saturated heterocycles. The lowest BCUT2D eigenvalue weighted by molar-refractivity contribution is -0.159. The van der Waals surface area contributed by atoms with Crippen molar-refractivity contribution in [2.45, 2.75) is 50.5 Å². The summed E-state index contributed by atoms with van der Waals surface area (Å²) in [5.41, 5.74) is -1.16. The zero-order valence-electron chi connectivity index (χ0n) is 12.4. The maximum absolute atomic E-state index is 12.5. The van der Waals surface area contributed by atoms with Crippen LogP contribution in [0.2, 0.25) is 0 Å². The maximum atomic E-state index is 12.5. The summed E-state index contributed by atoms with van der Waals surface area (Å²) < 4.78 is 0. The molecule has 0 aromatic heterocycles. The smallest absolute Gasteiger partial charge is 0.255 e. The van der Waals surface area contributed by atoms with Gasteiger partial charge < -0.3 is 14.9 Å². The van der Waals surface area contributed by atoms with Crippen LogP contribution >= 0.6 is 0 Å². The third-order valence-electron chi connectivity index (χ3n) is 4.48. The van der Waals surface area contributed by atoms with Gasteiger partial charge in [-0.3, -0.25) is 4.79 Å². The highest BCUT2D eigenvalue weighted by molar-refractivity contribution is 5.86. The molecule has 1 saturated carbocycles. The molecule has 0 aromatic rings. The third-order valence-corrected chi connectivity index (χ3v) is 4.48. The van der Waals surface area contributed by atoms with E-state index in [4.69, 9.17) is 0 Å². The summed E-state index contributed by atoms with van der Waals surface area (Å²) in [6, 6.07) is 0. The van der Waals surface area contributed by atoms with Gasteiger partial charge in [0.05, 0.1) is 0 Å². The van der Waals surface area contributed by atoms with E-state index in [1.807, 2.05) is 23.9 Å². The molecule has 2 rings (SSSR count). The summed E-state index contributed by atoms with van der Waals surface area (Å²) in [6.07, 6.45) is 7.96. The summed E-state index contributed by atoms with van der Waals surface area (Å²) in [4.78, 5) is 16.3. The van der Waals surface area contributed by atoms with E-state index < -0.39 is 5.60 Å². The molecule has 1 aliphatic heterocycles. The molecule has 0 aromatic carbocycles. The highest BCUT2D eigenvalue weighted by Gasteiger charge is 2.42. The fourth-order valence-corrected chi connectivity index (χ4v) is 3.59. The largest absolute Gasteiger partial charge is 0.379 e. The number of hydrogen-bond donors (Lipinski definition) is 1. The molecule has 0 spiro atoms. The average Bonchev–Trinajstić information content (AvgIpc) is 2.36. The van der Waals surface area contributed by atoms with E-state index in [9.17, 15) is 9.90 Å². The van der Waals surface area contributed by atoms with Gasteiger partial charge >= 0.3 is 0 Å². The molecule has 0 bridgehead atoms. The summed E-state index contributed by atoms with van der Waals surface area (Å²) in [5, 5.41) is 10.6. The van der Waals surface area contributed by atoms with Crippen LogP contribution in [0.25, 0.3) is 0 Å². The first kappa shape index (κ1) is 14.8. The number of amides is 1. The Morgan fingerprint density at radius 3 is 2.58 bits per heavy atom. The van der Waals surface area contributed by atoms with E-state index in [-0.39, 0.29) is 5.91 Å². The lowest BCUT2D eigenvalue weighted by atomic mass is 9.86. The Labute approximate surface area is 116 Å². The molecule has 4 heteroatoms. The number of aliphatic hydroxyl groups is 1. The number of nitrogens with zero attached hydrogens (tertiary/aromatic N) is 2. The van der Waals surface area contributed by atoms with Crippen molar-refractivity contribution in [3.05, 3.63) is 0 Å². The van der Waals surface area contributed by atoms with Crippen molar-refractivity contribution in [3.8, 4) is 0 Å². The summed E-state index contributed by atoms with van der Waals surface area (Å²) in [6.45, 7) is 2.12. The molecule has 19 heavy (non-hydrogen) atoms. The second kappa shape index (κ2) is 6.23. The van der Waals surface area contributed by atoms with Crippen molar-refractivity contribution >= 4 is 5.91 Å². The molecule has 2 fully saturated rings. The maximum Gasteiger partial charge on any atom is 0.255 e. The van der Waals surface area contributed by atoms with Gasteiger partial charge in [-0.1, -0.05) is 19.3 Å². The van der Waals surface area contributed by atoms with Crippen LogP contribution in [0.15, 0.2) is 0 Å². The highest BCUT2D eigenvalue weighted by Crippen LogP contribution is 2.28. The topological polar surface area (TPSA) is 43.8 Å². The molecule has 1 heterocycles. The zero-order valence-corrected chi connectivity index (χ0v) is 12.4. The average molecular weight is 268 g/mol. The molecule has 0 radical (unpaired) electrons. The Kier molecular flexibility index (Phi) is 4.85. The minimum absolute atomic E-state index is 0.0435. The normalized spacial score (nSPS) is 30.1. The van der Waals surface area contributed by atoms with E-state index in [2.05, 4.69) is 0 Å². The number of rotatable bonds is 4. The predicted molar refractivity (Wildman–Crippen MR) is 75.9 cm³/mol. The summed E-state index contributed by atoms with van der Waals surface area (Å²) >= 11 is 0. The minimum Gasteiger partial charge on any atom is -0.379 e. The quantitative estimate of drug-likeness (QED) is 0.840. The number of carbonyl (C=O) groups excluding carboxylic acids is 1. The number of likely N-dealkylation sites (tertiary alicyclic amines) is 1. The lowest BCUT2D eigenvalue weighted by Gasteiger charge is -2.41. The van der Waals surface area contributed by atoms with Gasteiger partial charge in [-0.2, -0.15) is 0 Å². The van der Waals surface area contributed by atoms with E-state index in [1.54, 1.807) is 0 Å². The number of hydrogen-bond acceptors (Lipinski definition) is 3. The van der Waals surface area contributed by atoms with Crippen LogP contribution in [-0.2, 0) is 4.79 Å². The highest BCUT2D eigenvalue weighted by atomic mass is 16.3. The fraction of sp³-hybridized carbons (Fsp3) is 0.933. The third kappa shape index (κ3) is 3.69. The monoisotopic (exact) mass is 268 g/mol. The molecule has 4 nitrogen and oxygen atoms in total. The second-order valence-corrected chi connectivity index (χ2v) is 6.63. The SMILES string of the molecule is CN(C)CC1(O)CCCN(CC2CCCCC2)C1=O. The van der Waals surface area contributed by atoms with Crippen molar-refractivity contribution in [2.75, 3.05) is 33.7 Å². The Morgan fingerprint density at radius 2 is 1.95 bits per heavy atom. The summed E-state index contributed by atoms with van der Waals surface area (Å²) in [7, 11) is 3.82. The van der Waals surface area contributed by atoms with E-state index in [1.165, 1.54) is 32.1 Å². The van der Waals surface area contributed by atoms with Gasteiger partial charge in [0.1, 0.15) is 0 Å². The van der Waals surface area contributed by atoms with Gasteiger partial charge in [0, 0.05) is 19.6 Å². The molecule has 1 N–H and O–H groups in total. The molecular formula is C15H28N2O2. The fourth-order valence-electron chi connectivity index (χ4n) is 3.59. The van der Waals surface area contributed by atoms with Gasteiger partial charge in [-0.15, -0.1) is 0 Å². The zero-order chi connectivity index (χ0) is 13.9. The van der Waals surface area contributed by atoms with Crippen molar-refractivity contribution < 1.29 is 9.90 Å². The van der Waals surface area contributed by atoms with Gasteiger partial charge in [0.25, 0.3) is 5.91 Å². The van der Waals surface area contributed by atoms with E-state index >= 15 is 0 Å². The lowest BCUT2D eigenvalue weighted by Crippen LogP contribution is -2.58. The first-order chi connectivity index (χ1) is 9.01. The van der Waals surface area contributed by atoms with Gasteiger partial charge in [0.15, 0.2) is 5.60 Å². The van der Waals surface area contributed by atoms with Crippen LogP contribution in [-0.4, -0.2) is 60.1 Å². The van der Waals surface area contributed by atoms with Crippen LogP contribution in [0.3, 0.4) is 0 Å². The van der Waals surface area contributed by atoms with E-state index in [0.29, 0.717) is 18.9 Å². The summed E-state index contributed by atoms with van der Waals surface area (Å²) in [5.74, 6) is 0.609. The van der Waals surface area contributed by atoms with Crippen molar-refractivity contribution in [1.82, 2.24) is 9.80 Å². The Bertz CT molecular complexity index is 313. The Hall–Kier alpha value is -0.610. The number of carbonyl (C=O) groups is 1. The molecule has 2 aliphatic rings. The van der Waals surface area contributed by atoms with Crippen LogP contribution < -0.4 is 0 Å². The molecule has 1 aliphatic carbocycles. The van der Waals surface area contributed by atoms with Gasteiger partial charge in [-0.25, -0.2) is 0 Å². The Morgan fingerprint density at radius 1 is 1.26 bits per heavy atom. The molecule has 1 amide bonds. The number of likely N-dealkylation sites (N-methyl/N-ethyl adjacent to an activating group) is 1. The first-order valence-corrected chi connectivity index (χ1v) is 7.68. The molecular weight excluding hydrogens is 240 g/mol. The molecule has 1 unspecified atom stereocenters. The van der Waals surface area contributed by atoms with Gasteiger partial charge in [0.2, 0.25) is 0 Å². The first-order valence-electron chi connectivity index (χ1n) is 7.68. The molecule has 1 atom stereocenters. The number of piperidine rings is 1. The minimum atomic E-state index is -1.16. The van der Waals surface area contributed by atoms with Gasteiger partial charge in [-0.05, 0) is 45.7 Å². The van der Waals surface area contributed by atoms with Crippen molar-refractivity contribution in [3.63, 3.8) is 0 Å². The van der Waals surface area contributed by atoms with Crippen LogP contribution in [0, 0.1) is 5.92 Å². The van der Waals surface area contributed by atoms with Crippen molar-refractivity contribution in [1.29, 1.82) is 0 Å². The van der Waals surface area contributed by atoms with Crippen LogP contribution in [0.1, 0.15) is 44.9 Å². The standard InChI is InChI=1S/C15H28N2O2/c1-16(2)12-15(19)9-6-10-17(14(15)18)11-13-7-4-3-5-8-13/h13,19H,3-12H2,1-2H3.